The van der Waals surface area contributed by atoms with Crippen molar-refractivity contribution in [3.63, 3.8) is 0 Å². The smallest absolute Gasteiger partial charge is 0.271 e. The van der Waals surface area contributed by atoms with Gasteiger partial charge < -0.3 is 10.1 Å². The summed E-state index contributed by atoms with van der Waals surface area (Å²) in [5.74, 6) is -0.168. The van der Waals surface area contributed by atoms with Crippen molar-refractivity contribution in [1.29, 1.82) is 0 Å². The van der Waals surface area contributed by atoms with Crippen LogP contribution in [0.25, 0.3) is 0 Å². The molecule has 2 heterocycles. The summed E-state index contributed by atoms with van der Waals surface area (Å²) in [7, 11) is 0. The van der Waals surface area contributed by atoms with E-state index in [4.69, 9.17) is 4.74 Å². The lowest BCUT2D eigenvalue weighted by atomic mass is 10.4. The molecule has 0 unspecified atom stereocenters. The molecule has 0 atom stereocenters. The molecule has 0 spiro atoms. The number of hydrogen-bond acceptors (Lipinski definition) is 4. The maximum atomic E-state index is 11.9. The van der Waals surface area contributed by atoms with Crippen LogP contribution < -0.4 is 5.32 Å². The molecular formula is C14H21N5O2. The van der Waals surface area contributed by atoms with Gasteiger partial charge in [0.25, 0.3) is 5.91 Å². The number of nitrogens with zero attached hydrogens (tertiary/aromatic N) is 4. The minimum atomic E-state index is -0.168. The second kappa shape index (κ2) is 7.58. The summed E-state index contributed by atoms with van der Waals surface area (Å²) in [6.07, 6.45) is 6.32. The second-order valence-electron chi connectivity index (χ2n) is 4.96. The van der Waals surface area contributed by atoms with Gasteiger partial charge in [0.15, 0.2) is 0 Å². The van der Waals surface area contributed by atoms with Crippen molar-refractivity contribution in [2.45, 2.75) is 33.0 Å². The molecule has 1 N–H and O–H groups in total. The normalized spacial score (nSPS) is 11.0. The van der Waals surface area contributed by atoms with Gasteiger partial charge in [-0.2, -0.15) is 10.2 Å². The fourth-order valence-electron chi connectivity index (χ4n) is 1.78. The minimum absolute atomic E-state index is 0.168. The molecule has 2 aromatic rings. The van der Waals surface area contributed by atoms with E-state index in [1.54, 1.807) is 27.8 Å². The van der Waals surface area contributed by atoms with Crippen LogP contribution in [0.15, 0.2) is 30.7 Å². The molecule has 0 radical (unpaired) electrons. The zero-order valence-corrected chi connectivity index (χ0v) is 12.4. The molecule has 0 fully saturated rings. The average molecular weight is 291 g/mol. The van der Waals surface area contributed by atoms with Gasteiger partial charge >= 0.3 is 0 Å². The van der Waals surface area contributed by atoms with Crippen molar-refractivity contribution in [1.82, 2.24) is 24.9 Å². The lowest BCUT2D eigenvalue weighted by Crippen LogP contribution is -2.26. The first-order chi connectivity index (χ1) is 10.1. The molecule has 7 heteroatoms. The predicted octanol–water partition coefficient (Wildman–Crippen LogP) is 1.13. The monoisotopic (exact) mass is 291 g/mol. The molecule has 1 amide bonds. The van der Waals surface area contributed by atoms with Crippen LogP contribution in [0.5, 0.6) is 0 Å². The Morgan fingerprint density at radius 2 is 2.24 bits per heavy atom. The van der Waals surface area contributed by atoms with Crippen LogP contribution in [0.4, 0.5) is 0 Å². The Labute approximate surface area is 123 Å². The average Bonchev–Trinajstić information content (AvgIpc) is 3.10. The van der Waals surface area contributed by atoms with Gasteiger partial charge in [-0.05, 0) is 32.4 Å². The van der Waals surface area contributed by atoms with E-state index in [2.05, 4.69) is 15.5 Å². The van der Waals surface area contributed by atoms with E-state index in [-0.39, 0.29) is 12.0 Å². The third-order valence-corrected chi connectivity index (χ3v) is 2.78. The number of aromatic nitrogens is 4. The largest absolute Gasteiger partial charge is 0.379 e. The second-order valence-corrected chi connectivity index (χ2v) is 4.96. The zero-order valence-electron chi connectivity index (χ0n) is 12.4. The maximum Gasteiger partial charge on any atom is 0.271 e. The SMILES string of the molecule is CC(C)OCCCNC(=O)c1ccn(Cn2cccn2)n1. The summed E-state index contributed by atoms with van der Waals surface area (Å²) in [6, 6.07) is 3.54. The van der Waals surface area contributed by atoms with Crippen molar-refractivity contribution >= 4 is 5.91 Å². The van der Waals surface area contributed by atoms with Crippen LogP contribution >= 0.6 is 0 Å². The molecule has 0 saturated carbocycles. The lowest BCUT2D eigenvalue weighted by Gasteiger charge is -2.07. The minimum Gasteiger partial charge on any atom is -0.379 e. The van der Waals surface area contributed by atoms with Crippen molar-refractivity contribution in [3.05, 3.63) is 36.4 Å². The van der Waals surface area contributed by atoms with E-state index in [1.807, 2.05) is 26.1 Å². The van der Waals surface area contributed by atoms with E-state index >= 15 is 0 Å². The Balaban J connectivity index is 1.74. The first kappa shape index (κ1) is 15.2. The highest BCUT2D eigenvalue weighted by Crippen LogP contribution is 1.97. The fraction of sp³-hybridized carbons (Fsp3) is 0.500. The highest BCUT2D eigenvalue weighted by atomic mass is 16.5. The first-order valence-corrected chi connectivity index (χ1v) is 7.06. The molecule has 0 aliphatic rings. The molecule has 0 saturated heterocycles. The van der Waals surface area contributed by atoms with Gasteiger partial charge in [-0.3, -0.25) is 14.2 Å². The topological polar surface area (TPSA) is 74.0 Å². The molecule has 21 heavy (non-hydrogen) atoms. The Hall–Kier alpha value is -2.15. The van der Waals surface area contributed by atoms with Crippen LogP contribution in [0.3, 0.4) is 0 Å². The molecule has 0 aliphatic heterocycles. The third-order valence-electron chi connectivity index (χ3n) is 2.78. The number of carbonyl (C=O) groups is 1. The maximum absolute atomic E-state index is 11.9. The van der Waals surface area contributed by atoms with Crippen LogP contribution in [0.1, 0.15) is 30.8 Å². The molecule has 2 aromatic heterocycles. The van der Waals surface area contributed by atoms with Gasteiger partial charge in [0, 0.05) is 31.7 Å². The molecular weight excluding hydrogens is 270 g/mol. The summed E-state index contributed by atoms with van der Waals surface area (Å²) >= 11 is 0. The number of hydrogen-bond donors (Lipinski definition) is 1. The zero-order chi connectivity index (χ0) is 15.1. The molecule has 7 nitrogen and oxygen atoms in total. The summed E-state index contributed by atoms with van der Waals surface area (Å²) in [5, 5.41) is 11.1. The Bertz CT molecular complexity index is 547. The van der Waals surface area contributed by atoms with Gasteiger partial charge in [0.2, 0.25) is 0 Å². The highest BCUT2D eigenvalue weighted by Gasteiger charge is 2.08. The predicted molar refractivity (Wildman–Crippen MR) is 77.9 cm³/mol. The van der Waals surface area contributed by atoms with Gasteiger partial charge in [-0.1, -0.05) is 0 Å². The van der Waals surface area contributed by atoms with Gasteiger partial charge in [0.05, 0.1) is 6.10 Å². The van der Waals surface area contributed by atoms with E-state index in [1.165, 1.54) is 0 Å². The highest BCUT2D eigenvalue weighted by molar-refractivity contribution is 5.92. The standard InChI is InChI=1S/C14H21N5O2/c1-12(2)21-10-4-6-15-14(20)13-5-9-19(17-13)11-18-8-3-7-16-18/h3,5,7-9,12H,4,6,10-11H2,1-2H3,(H,15,20). The number of nitrogens with one attached hydrogen (secondary N) is 1. The van der Waals surface area contributed by atoms with E-state index in [9.17, 15) is 4.79 Å². The number of amides is 1. The van der Waals surface area contributed by atoms with E-state index < -0.39 is 0 Å². The van der Waals surface area contributed by atoms with Crippen molar-refractivity contribution < 1.29 is 9.53 Å². The van der Waals surface area contributed by atoms with Crippen molar-refractivity contribution in [2.75, 3.05) is 13.2 Å². The Kier molecular flexibility index (Phi) is 5.51. The lowest BCUT2D eigenvalue weighted by molar-refractivity contribution is 0.0756. The van der Waals surface area contributed by atoms with E-state index in [0.29, 0.717) is 25.5 Å². The molecule has 2 rings (SSSR count). The molecule has 0 aromatic carbocycles. The number of rotatable bonds is 8. The van der Waals surface area contributed by atoms with Crippen LogP contribution in [0.2, 0.25) is 0 Å². The summed E-state index contributed by atoms with van der Waals surface area (Å²) in [6.45, 7) is 5.70. The summed E-state index contributed by atoms with van der Waals surface area (Å²) < 4.78 is 8.82. The van der Waals surface area contributed by atoms with Gasteiger partial charge in [-0.25, -0.2) is 0 Å². The third kappa shape index (κ3) is 5.03. The molecule has 0 bridgehead atoms. The quantitative estimate of drug-likeness (QED) is 0.740. The van der Waals surface area contributed by atoms with Crippen LogP contribution in [-0.4, -0.2) is 44.7 Å². The Morgan fingerprint density at radius 1 is 1.38 bits per heavy atom. The van der Waals surface area contributed by atoms with Gasteiger partial charge in [0.1, 0.15) is 12.4 Å². The van der Waals surface area contributed by atoms with Crippen molar-refractivity contribution in [3.8, 4) is 0 Å². The summed E-state index contributed by atoms with van der Waals surface area (Å²) in [4.78, 5) is 11.9. The number of carbonyl (C=O) groups excluding carboxylic acids is 1. The van der Waals surface area contributed by atoms with Crippen LogP contribution in [0, 0.1) is 0 Å². The number of ether oxygens (including phenoxy) is 1. The molecule has 0 aliphatic carbocycles. The molecule has 114 valence electrons. The fourth-order valence-corrected chi connectivity index (χ4v) is 1.78. The van der Waals surface area contributed by atoms with Gasteiger partial charge in [-0.15, -0.1) is 0 Å². The van der Waals surface area contributed by atoms with E-state index in [0.717, 1.165) is 6.42 Å². The summed E-state index contributed by atoms with van der Waals surface area (Å²) in [5.41, 5.74) is 0.409. The van der Waals surface area contributed by atoms with Crippen LogP contribution in [-0.2, 0) is 11.4 Å². The first-order valence-electron chi connectivity index (χ1n) is 7.06. The van der Waals surface area contributed by atoms with Crippen molar-refractivity contribution in [2.24, 2.45) is 0 Å². The Morgan fingerprint density at radius 3 is 2.95 bits per heavy atom.